The first-order chi connectivity index (χ1) is 11.1. The van der Waals surface area contributed by atoms with Gasteiger partial charge in [-0.3, -0.25) is 9.59 Å². The summed E-state index contributed by atoms with van der Waals surface area (Å²) < 4.78 is 5.72. The third-order valence-corrected chi connectivity index (χ3v) is 4.95. The summed E-state index contributed by atoms with van der Waals surface area (Å²) in [6.45, 7) is 12.1. The molecule has 0 saturated carbocycles. The quantitative estimate of drug-likeness (QED) is 0.530. The maximum absolute atomic E-state index is 13.1. The lowest BCUT2D eigenvalue weighted by Gasteiger charge is -2.45. The molecule has 0 amide bonds. The van der Waals surface area contributed by atoms with Gasteiger partial charge in [-0.25, -0.2) is 0 Å². The van der Waals surface area contributed by atoms with Crippen LogP contribution in [0.3, 0.4) is 0 Å². The van der Waals surface area contributed by atoms with Crippen LogP contribution in [0, 0.1) is 16.7 Å². The summed E-state index contributed by atoms with van der Waals surface area (Å²) in [5.41, 5.74) is 1.44. The van der Waals surface area contributed by atoms with E-state index in [0.717, 1.165) is 0 Å². The molecule has 0 unspecified atom stereocenters. The van der Waals surface area contributed by atoms with Crippen molar-refractivity contribution in [2.24, 2.45) is 16.7 Å². The molecular weight excluding hydrogens is 300 g/mol. The topological polar surface area (TPSA) is 43.4 Å². The molecule has 2 aliphatic rings. The van der Waals surface area contributed by atoms with Crippen molar-refractivity contribution in [2.75, 3.05) is 0 Å². The number of fused-ring (bicyclic) bond motifs is 1. The van der Waals surface area contributed by atoms with Gasteiger partial charge in [-0.1, -0.05) is 37.1 Å². The molecule has 1 aliphatic heterocycles. The summed E-state index contributed by atoms with van der Waals surface area (Å²) in [6.07, 6.45) is 8.48. The zero-order chi connectivity index (χ0) is 18.1. The fourth-order valence-corrected chi connectivity index (χ4v) is 3.54. The van der Waals surface area contributed by atoms with Crippen molar-refractivity contribution in [3.05, 3.63) is 35.1 Å². The minimum Gasteiger partial charge on any atom is -0.430 e. The molecule has 0 spiro atoms. The van der Waals surface area contributed by atoms with Crippen molar-refractivity contribution in [3.63, 3.8) is 0 Å². The van der Waals surface area contributed by atoms with E-state index in [-0.39, 0.29) is 23.1 Å². The third kappa shape index (κ3) is 3.88. The SMILES string of the molecule is CC(C)=CC[C@H]1C[C@@]2(CC=C(C)C)C(=O)CC(C)(C)C=C2OC1=O. The van der Waals surface area contributed by atoms with E-state index in [1.54, 1.807) is 0 Å². The largest absolute Gasteiger partial charge is 0.430 e. The molecule has 1 heterocycles. The fourth-order valence-electron chi connectivity index (χ4n) is 3.54. The molecule has 0 N–H and O–H groups in total. The number of ether oxygens (including phenoxy) is 1. The number of carbonyl (C=O) groups is 2. The number of allylic oxidation sites excluding steroid dienone is 6. The van der Waals surface area contributed by atoms with E-state index in [9.17, 15) is 9.59 Å². The Kier molecular flexibility index (Phi) is 5.22. The average molecular weight is 330 g/mol. The zero-order valence-corrected chi connectivity index (χ0v) is 15.9. The molecule has 2 rings (SSSR count). The normalized spacial score (nSPS) is 28.4. The van der Waals surface area contributed by atoms with Crippen LogP contribution in [0.4, 0.5) is 0 Å². The van der Waals surface area contributed by atoms with Crippen LogP contribution in [-0.4, -0.2) is 11.8 Å². The predicted molar refractivity (Wildman–Crippen MR) is 96.2 cm³/mol. The summed E-state index contributed by atoms with van der Waals surface area (Å²) in [7, 11) is 0. The third-order valence-electron chi connectivity index (χ3n) is 4.95. The van der Waals surface area contributed by atoms with Gasteiger partial charge >= 0.3 is 5.97 Å². The van der Waals surface area contributed by atoms with Crippen LogP contribution >= 0.6 is 0 Å². The number of esters is 1. The summed E-state index contributed by atoms with van der Waals surface area (Å²) >= 11 is 0. The maximum Gasteiger partial charge on any atom is 0.314 e. The first-order valence-corrected chi connectivity index (χ1v) is 8.81. The van der Waals surface area contributed by atoms with Crippen molar-refractivity contribution < 1.29 is 14.3 Å². The van der Waals surface area contributed by atoms with Gasteiger partial charge < -0.3 is 4.74 Å². The molecule has 1 aliphatic carbocycles. The summed E-state index contributed by atoms with van der Waals surface area (Å²) in [5.74, 6) is 0.349. The molecule has 0 radical (unpaired) electrons. The van der Waals surface area contributed by atoms with Crippen molar-refractivity contribution in [3.8, 4) is 0 Å². The van der Waals surface area contributed by atoms with Gasteiger partial charge in [0.25, 0.3) is 0 Å². The lowest BCUT2D eigenvalue weighted by Crippen LogP contribution is -2.47. The first-order valence-electron chi connectivity index (χ1n) is 8.81. The van der Waals surface area contributed by atoms with Gasteiger partial charge in [-0.2, -0.15) is 0 Å². The minimum atomic E-state index is -0.666. The Morgan fingerprint density at radius 1 is 1.17 bits per heavy atom. The van der Waals surface area contributed by atoms with E-state index in [4.69, 9.17) is 4.74 Å². The smallest absolute Gasteiger partial charge is 0.314 e. The molecule has 1 fully saturated rings. The van der Waals surface area contributed by atoms with E-state index in [2.05, 4.69) is 12.2 Å². The Morgan fingerprint density at radius 3 is 2.38 bits per heavy atom. The molecule has 0 bridgehead atoms. The fraction of sp³-hybridized carbons (Fsp3) is 0.619. The average Bonchev–Trinajstić information content (AvgIpc) is 2.43. The molecule has 0 aromatic carbocycles. The van der Waals surface area contributed by atoms with E-state index < -0.39 is 5.41 Å². The molecule has 3 heteroatoms. The van der Waals surface area contributed by atoms with Crippen LogP contribution < -0.4 is 0 Å². The van der Waals surface area contributed by atoms with Crippen LogP contribution in [-0.2, 0) is 14.3 Å². The minimum absolute atomic E-state index is 0.197. The van der Waals surface area contributed by atoms with Crippen molar-refractivity contribution in [2.45, 2.75) is 67.2 Å². The number of Topliss-reactive ketones (excluding diaryl/α,β-unsaturated/α-hetero) is 1. The highest BCUT2D eigenvalue weighted by atomic mass is 16.5. The molecule has 24 heavy (non-hydrogen) atoms. The Balaban J connectivity index is 2.43. The summed E-state index contributed by atoms with van der Waals surface area (Å²) in [5, 5.41) is 0. The van der Waals surface area contributed by atoms with Crippen LogP contribution in [0.25, 0.3) is 0 Å². The predicted octanol–water partition coefficient (Wildman–Crippen LogP) is 5.13. The Labute approximate surface area is 145 Å². The van der Waals surface area contributed by atoms with Gasteiger partial charge in [0, 0.05) is 6.42 Å². The lowest BCUT2D eigenvalue weighted by molar-refractivity contribution is -0.157. The first kappa shape index (κ1) is 18.7. The van der Waals surface area contributed by atoms with E-state index in [1.807, 2.05) is 47.6 Å². The number of ketones is 1. The monoisotopic (exact) mass is 330 g/mol. The highest BCUT2D eigenvalue weighted by Gasteiger charge is 2.53. The van der Waals surface area contributed by atoms with Gasteiger partial charge in [0.05, 0.1) is 11.3 Å². The second-order valence-corrected chi connectivity index (χ2v) is 8.50. The van der Waals surface area contributed by atoms with Crippen LogP contribution in [0.5, 0.6) is 0 Å². The lowest BCUT2D eigenvalue weighted by atomic mass is 9.62. The highest BCUT2D eigenvalue weighted by Crippen LogP contribution is 2.52. The van der Waals surface area contributed by atoms with Crippen molar-refractivity contribution in [1.29, 1.82) is 0 Å². The van der Waals surface area contributed by atoms with E-state index in [0.29, 0.717) is 31.4 Å². The van der Waals surface area contributed by atoms with Gasteiger partial charge in [0.2, 0.25) is 0 Å². The Morgan fingerprint density at radius 2 is 1.79 bits per heavy atom. The summed E-state index contributed by atoms with van der Waals surface area (Å²) in [4.78, 5) is 25.5. The number of hydrogen-bond donors (Lipinski definition) is 0. The molecular formula is C21H30O3. The van der Waals surface area contributed by atoms with Gasteiger partial charge in [-0.05, 0) is 58.4 Å². The van der Waals surface area contributed by atoms with E-state index in [1.165, 1.54) is 11.1 Å². The maximum atomic E-state index is 13.1. The van der Waals surface area contributed by atoms with Crippen molar-refractivity contribution >= 4 is 11.8 Å². The molecule has 0 aromatic heterocycles. The second-order valence-electron chi connectivity index (χ2n) is 8.50. The number of carbonyl (C=O) groups excluding carboxylic acids is 2. The summed E-state index contributed by atoms with van der Waals surface area (Å²) in [6, 6.07) is 0. The molecule has 3 nitrogen and oxygen atoms in total. The van der Waals surface area contributed by atoms with Crippen LogP contribution in [0.15, 0.2) is 35.1 Å². The Hall–Kier alpha value is -1.64. The highest BCUT2D eigenvalue weighted by molar-refractivity contribution is 5.92. The zero-order valence-electron chi connectivity index (χ0n) is 15.9. The number of rotatable bonds is 4. The molecule has 0 aromatic rings. The van der Waals surface area contributed by atoms with Gasteiger partial charge in [-0.15, -0.1) is 0 Å². The standard InChI is InChI=1S/C21H30O3/c1-14(2)7-8-16-11-21(10-9-15(3)4)17(22)12-20(5,6)13-18(21)24-19(16)23/h7,9,13,16H,8,10-12H2,1-6H3/t16-,21-/m0/s1. The van der Waals surface area contributed by atoms with Crippen LogP contribution in [0.1, 0.15) is 67.2 Å². The molecule has 1 saturated heterocycles. The van der Waals surface area contributed by atoms with Gasteiger partial charge in [0.15, 0.2) is 0 Å². The number of hydrogen-bond acceptors (Lipinski definition) is 3. The van der Waals surface area contributed by atoms with Crippen molar-refractivity contribution in [1.82, 2.24) is 0 Å². The molecule has 132 valence electrons. The second kappa shape index (κ2) is 6.70. The molecule has 2 atom stereocenters. The van der Waals surface area contributed by atoms with E-state index >= 15 is 0 Å². The van der Waals surface area contributed by atoms with Crippen LogP contribution in [0.2, 0.25) is 0 Å². The van der Waals surface area contributed by atoms with Gasteiger partial charge in [0.1, 0.15) is 11.5 Å². The Bertz CT molecular complexity index is 625.